The number of aromatic nitrogens is 1. The molecule has 0 saturated heterocycles. The molecule has 4 aromatic rings. The van der Waals surface area contributed by atoms with Crippen molar-refractivity contribution in [2.75, 3.05) is 16.3 Å². The quantitative estimate of drug-likeness (QED) is 0.492. The Labute approximate surface area is 164 Å². The third-order valence-corrected chi connectivity index (χ3v) is 5.32. The minimum absolute atomic E-state index is 0.570. The lowest BCUT2D eigenvalue weighted by atomic mass is 10.1. The van der Waals surface area contributed by atoms with Crippen molar-refractivity contribution in [1.82, 2.24) is 0 Å². The van der Waals surface area contributed by atoms with Gasteiger partial charge in [0.2, 0.25) is 21.1 Å². The molecular formula is C22H22N3O2S+. The Balaban J connectivity index is 1.85. The van der Waals surface area contributed by atoms with Gasteiger partial charge in [0.05, 0.1) is 22.7 Å². The summed E-state index contributed by atoms with van der Waals surface area (Å²) in [5.41, 5.74) is 5.71. The number of rotatable bonds is 5. The van der Waals surface area contributed by atoms with Gasteiger partial charge in [0.15, 0.2) is 0 Å². The van der Waals surface area contributed by atoms with Crippen LogP contribution in [0.25, 0.3) is 21.8 Å². The van der Waals surface area contributed by atoms with E-state index in [0.29, 0.717) is 5.69 Å². The summed E-state index contributed by atoms with van der Waals surface area (Å²) in [5, 5.41) is 5.80. The predicted octanol–water partition coefficient (Wildman–Crippen LogP) is 4.48. The average molecular weight is 393 g/mol. The van der Waals surface area contributed by atoms with Gasteiger partial charge in [-0.1, -0.05) is 31.2 Å². The maximum absolute atomic E-state index is 11.5. The zero-order valence-electron chi connectivity index (χ0n) is 15.8. The number of H-pyrrole nitrogens is 1. The highest BCUT2D eigenvalue weighted by Gasteiger charge is 2.15. The van der Waals surface area contributed by atoms with Crippen LogP contribution in [0.4, 0.5) is 17.1 Å². The first-order chi connectivity index (χ1) is 13.4. The van der Waals surface area contributed by atoms with E-state index in [9.17, 15) is 8.42 Å². The van der Waals surface area contributed by atoms with Crippen LogP contribution in [-0.4, -0.2) is 14.7 Å². The number of aromatic amines is 1. The van der Waals surface area contributed by atoms with Gasteiger partial charge in [-0.3, -0.25) is 4.72 Å². The van der Waals surface area contributed by atoms with Gasteiger partial charge in [-0.15, -0.1) is 0 Å². The van der Waals surface area contributed by atoms with E-state index >= 15 is 0 Å². The fourth-order valence-corrected chi connectivity index (χ4v) is 4.02. The maximum Gasteiger partial charge on any atom is 0.229 e. The van der Waals surface area contributed by atoms with E-state index in [2.05, 4.69) is 46.2 Å². The number of hydrogen-bond acceptors (Lipinski definition) is 3. The molecule has 6 heteroatoms. The van der Waals surface area contributed by atoms with E-state index in [0.717, 1.165) is 51.4 Å². The third kappa shape index (κ3) is 3.64. The molecule has 28 heavy (non-hydrogen) atoms. The summed E-state index contributed by atoms with van der Waals surface area (Å²) in [4.78, 5) is 3.48. The first-order valence-corrected chi connectivity index (χ1v) is 11.0. The van der Waals surface area contributed by atoms with E-state index in [-0.39, 0.29) is 0 Å². The highest BCUT2D eigenvalue weighted by atomic mass is 32.2. The standard InChI is InChI=1S/C22H21N3O2S/c1-3-15-14-16(25-28(2,26)27)12-13-19(15)24-22-17-8-4-6-10-20(17)23-21-11-7-5-9-18(21)22/h4-14,25H,3H2,1-2H3,(H,23,24)/p+1. The van der Waals surface area contributed by atoms with Crippen molar-refractivity contribution in [1.29, 1.82) is 0 Å². The van der Waals surface area contributed by atoms with Gasteiger partial charge in [0.25, 0.3) is 0 Å². The van der Waals surface area contributed by atoms with Gasteiger partial charge < -0.3 is 5.32 Å². The molecular weight excluding hydrogens is 370 g/mol. The van der Waals surface area contributed by atoms with Crippen LogP contribution >= 0.6 is 0 Å². The fraction of sp³-hybridized carbons (Fsp3) is 0.136. The second-order valence-corrected chi connectivity index (χ2v) is 8.56. The first-order valence-electron chi connectivity index (χ1n) is 9.15. The van der Waals surface area contributed by atoms with Crippen molar-refractivity contribution in [2.45, 2.75) is 13.3 Å². The molecule has 0 spiro atoms. The lowest BCUT2D eigenvalue weighted by molar-refractivity contribution is -0.310. The van der Waals surface area contributed by atoms with Crippen LogP contribution in [0.2, 0.25) is 0 Å². The molecule has 1 heterocycles. The fourth-order valence-electron chi connectivity index (χ4n) is 3.47. The summed E-state index contributed by atoms with van der Waals surface area (Å²) in [6, 6.07) is 22.0. The van der Waals surface area contributed by atoms with Gasteiger partial charge in [0, 0.05) is 23.5 Å². The third-order valence-electron chi connectivity index (χ3n) is 4.71. The van der Waals surface area contributed by atoms with Crippen molar-refractivity contribution in [3.8, 4) is 0 Å². The Morgan fingerprint density at radius 1 is 0.893 bits per heavy atom. The van der Waals surface area contributed by atoms with Crippen LogP contribution in [0, 0.1) is 0 Å². The first kappa shape index (κ1) is 18.3. The number of sulfonamides is 1. The highest BCUT2D eigenvalue weighted by Crippen LogP contribution is 2.33. The number of aryl methyl sites for hydroxylation is 1. The van der Waals surface area contributed by atoms with Gasteiger partial charge in [-0.25, -0.2) is 13.4 Å². The van der Waals surface area contributed by atoms with E-state index in [1.165, 1.54) is 0 Å². The summed E-state index contributed by atoms with van der Waals surface area (Å²) < 4.78 is 25.6. The number of benzene rings is 3. The summed E-state index contributed by atoms with van der Waals surface area (Å²) >= 11 is 0. The van der Waals surface area contributed by atoms with Crippen molar-refractivity contribution in [3.05, 3.63) is 72.3 Å². The largest absolute Gasteiger partial charge is 0.354 e. The molecule has 0 aliphatic heterocycles. The van der Waals surface area contributed by atoms with Crippen molar-refractivity contribution in [3.63, 3.8) is 0 Å². The lowest BCUT2D eigenvalue weighted by Gasteiger charge is -2.15. The van der Waals surface area contributed by atoms with Crippen molar-refractivity contribution in [2.24, 2.45) is 0 Å². The number of nitrogens with one attached hydrogen (secondary N) is 3. The Bertz CT molecular complexity index is 1230. The minimum Gasteiger partial charge on any atom is -0.354 e. The smallest absolute Gasteiger partial charge is 0.229 e. The van der Waals surface area contributed by atoms with E-state index in [4.69, 9.17) is 0 Å². The Hall–Kier alpha value is -3.12. The van der Waals surface area contributed by atoms with E-state index < -0.39 is 10.0 Å². The van der Waals surface area contributed by atoms with Gasteiger partial charge in [-0.05, 0) is 42.3 Å². The summed E-state index contributed by atoms with van der Waals surface area (Å²) in [6.07, 6.45) is 1.93. The molecule has 0 saturated carbocycles. The molecule has 142 valence electrons. The average Bonchev–Trinajstić information content (AvgIpc) is 2.67. The predicted molar refractivity (Wildman–Crippen MR) is 116 cm³/mol. The van der Waals surface area contributed by atoms with Gasteiger partial charge in [0.1, 0.15) is 0 Å². The van der Waals surface area contributed by atoms with Crippen LogP contribution in [-0.2, 0) is 16.4 Å². The number of pyridine rings is 1. The van der Waals surface area contributed by atoms with Gasteiger partial charge >= 0.3 is 0 Å². The summed E-state index contributed by atoms with van der Waals surface area (Å²) in [6.45, 7) is 2.06. The molecule has 0 aliphatic rings. The number of hydrogen-bond donors (Lipinski definition) is 2. The Kier molecular flexibility index (Phi) is 4.65. The zero-order chi connectivity index (χ0) is 19.7. The van der Waals surface area contributed by atoms with E-state index in [1.807, 2.05) is 36.4 Å². The van der Waals surface area contributed by atoms with E-state index in [1.54, 1.807) is 6.07 Å². The van der Waals surface area contributed by atoms with Crippen LogP contribution in [0.15, 0.2) is 66.7 Å². The normalized spacial score (nSPS) is 11.6. The summed E-state index contributed by atoms with van der Waals surface area (Å²) in [7, 11) is -3.31. The number of fused-ring (bicyclic) bond motifs is 2. The van der Waals surface area contributed by atoms with Crippen molar-refractivity contribution >= 4 is 48.9 Å². The monoisotopic (exact) mass is 392 g/mol. The molecule has 5 nitrogen and oxygen atoms in total. The highest BCUT2D eigenvalue weighted by molar-refractivity contribution is 7.92. The number of anilines is 3. The topological polar surface area (TPSA) is 72.3 Å². The second kappa shape index (κ2) is 7.13. The van der Waals surface area contributed by atoms with Crippen LogP contribution in [0.1, 0.15) is 12.5 Å². The zero-order valence-corrected chi connectivity index (χ0v) is 16.6. The molecule has 0 atom stereocenters. The number of para-hydroxylation sites is 2. The van der Waals surface area contributed by atoms with Gasteiger partial charge in [-0.2, -0.15) is 0 Å². The summed E-state index contributed by atoms with van der Waals surface area (Å²) in [5.74, 6) is 0. The molecule has 1 aromatic heterocycles. The SMILES string of the molecule is CCc1cc(NS(C)(=O)=O)ccc1Nc1c2ccccc2[nH+]c2ccccc12. The minimum atomic E-state index is -3.31. The molecule has 0 bridgehead atoms. The van der Waals surface area contributed by atoms with Crippen molar-refractivity contribution < 1.29 is 13.4 Å². The van der Waals surface area contributed by atoms with Crippen LogP contribution in [0.5, 0.6) is 0 Å². The Morgan fingerprint density at radius 3 is 2.07 bits per heavy atom. The molecule has 4 rings (SSSR count). The molecule has 0 unspecified atom stereocenters. The maximum atomic E-state index is 11.5. The molecule has 0 amide bonds. The van der Waals surface area contributed by atoms with Crippen LogP contribution < -0.4 is 15.0 Å². The molecule has 0 fully saturated rings. The molecule has 3 N–H and O–H groups in total. The van der Waals surface area contributed by atoms with Crippen LogP contribution in [0.3, 0.4) is 0 Å². The lowest BCUT2D eigenvalue weighted by Crippen LogP contribution is -2.10. The molecule has 0 aliphatic carbocycles. The molecule has 3 aromatic carbocycles. The Morgan fingerprint density at radius 2 is 1.50 bits per heavy atom. The molecule has 0 radical (unpaired) electrons. The second-order valence-electron chi connectivity index (χ2n) is 6.82.